The number of fused-ring (bicyclic) bond motifs is 1. The lowest BCUT2D eigenvalue weighted by Crippen LogP contribution is -2.49. The van der Waals surface area contributed by atoms with Crippen LogP contribution in [0.1, 0.15) is 38.5 Å². The van der Waals surface area contributed by atoms with E-state index in [1.54, 1.807) is 18.0 Å². The molecular formula is C34H38N4O5. The molecule has 5 atom stereocenters. The Kier molecular flexibility index (Phi) is 8.89. The molecule has 2 saturated carbocycles. The quantitative estimate of drug-likeness (QED) is 0.214. The van der Waals surface area contributed by atoms with Gasteiger partial charge in [-0.1, -0.05) is 54.6 Å². The molecule has 0 radical (unpaired) electrons. The predicted octanol–water partition coefficient (Wildman–Crippen LogP) is 5.03. The van der Waals surface area contributed by atoms with Gasteiger partial charge in [-0.15, -0.1) is 13.2 Å². The van der Waals surface area contributed by atoms with E-state index >= 15 is 0 Å². The number of carbonyl (C=O) groups is 3. The fraction of sp³-hybridized carbons (Fsp3) is 0.382. The van der Waals surface area contributed by atoms with E-state index in [-0.39, 0.29) is 24.7 Å². The molecule has 2 aromatic carbocycles. The SMILES string of the molecule is C=CCCCCN(C)C(=O)[C@@H]1C[C@H](Oc2nc(-c3ccccc3)nc3ccccc23)C[C@H]1C(=O)N[C@]1(C(=O)O)C[C@H]1C=C. The minimum absolute atomic E-state index is 0.150. The molecule has 43 heavy (non-hydrogen) atoms. The maximum atomic E-state index is 13.7. The Bertz CT molecular complexity index is 1530. The maximum absolute atomic E-state index is 13.7. The zero-order valence-electron chi connectivity index (χ0n) is 24.4. The van der Waals surface area contributed by atoms with E-state index in [0.717, 1.165) is 35.7 Å². The van der Waals surface area contributed by atoms with Crippen LogP contribution in [0.25, 0.3) is 22.3 Å². The van der Waals surface area contributed by atoms with Crippen LogP contribution in [-0.4, -0.2) is 63.0 Å². The van der Waals surface area contributed by atoms with Gasteiger partial charge >= 0.3 is 5.97 Å². The number of aliphatic carboxylic acids is 1. The molecule has 2 aliphatic rings. The molecule has 2 amide bonds. The van der Waals surface area contributed by atoms with Crippen LogP contribution in [0, 0.1) is 17.8 Å². The molecule has 2 fully saturated rings. The highest BCUT2D eigenvalue weighted by Crippen LogP contribution is 2.46. The van der Waals surface area contributed by atoms with Crippen molar-refractivity contribution in [2.24, 2.45) is 17.8 Å². The molecule has 9 heteroatoms. The Morgan fingerprint density at radius 2 is 1.77 bits per heavy atom. The second kappa shape index (κ2) is 12.8. The van der Waals surface area contributed by atoms with Crippen LogP contribution < -0.4 is 10.1 Å². The molecule has 0 aliphatic heterocycles. The first-order valence-corrected chi connectivity index (χ1v) is 14.8. The third kappa shape index (κ3) is 6.30. The van der Waals surface area contributed by atoms with Gasteiger partial charge in [0.25, 0.3) is 0 Å². The van der Waals surface area contributed by atoms with Crippen LogP contribution in [0.4, 0.5) is 0 Å². The van der Waals surface area contributed by atoms with Gasteiger partial charge in [0.15, 0.2) is 5.82 Å². The number of ether oxygens (including phenoxy) is 1. The number of rotatable bonds is 13. The van der Waals surface area contributed by atoms with Crippen molar-refractivity contribution in [2.75, 3.05) is 13.6 Å². The number of hydrogen-bond acceptors (Lipinski definition) is 6. The van der Waals surface area contributed by atoms with Crippen molar-refractivity contribution in [3.8, 4) is 17.3 Å². The number of allylic oxidation sites excluding steroid dienone is 1. The number of carboxylic acid groups (broad SMARTS) is 1. The molecule has 2 N–H and O–H groups in total. The minimum atomic E-state index is -1.38. The molecule has 9 nitrogen and oxygen atoms in total. The fourth-order valence-electron chi connectivity index (χ4n) is 6.02. The summed E-state index contributed by atoms with van der Waals surface area (Å²) >= 11 is 0. The van der Waals surface area contributed by atoms with E-state index < -0.39 is 35.4 Å². The predicted molar refractivity (Wildman–Crippen MR) is 164 cm³/mol. The monoisotopic (exact) mass is 582 g/mol. The van der Waals surface area contributed by atoms with E-state index in [2.05, 4.69) is 18.5 Å². The van der Waals surface area contributed by atoms with Crippen LogP contribution in [0.5, 0.6) is 5.88 Å². The Labute approximate surface area is 251 Å². The molecule has 5 rings (SSSR count). The third-order valence-corrected chi connectivity index (χ3v) is 8.61. The zero-order valence-corrected chi connectivity index (χ0v) is 24.4. The molecule has 0 spiro atoms. The highest BCUT2D eigenvalue weighted by molar-refractivity contribution is 5.94. The number of nitrogens with zero attached hydrogens (tertiary/aromatic N) is 3. The summed E-state index contributed by atoms with van der Waals surface area (Å²) < 4.78 is 6.49. The summed E-state index contributed by atoms with van der Waals surface area (Å²) in [7, 11) is 1.75. The van der Waals surface area contributed by atoms with Crippen molar-refractivity contribution in [2.45, 2.75) is 50.2 Å². The Morgan fingerprint density at radius 1 is 1.05 bits per heavy atom. The summed E-state index contributed by atoms with van der Waals surface area (Å²) in [5, 5.41) is 13.4. The van der Waals surface area contributed by atoms with Crippen molar-refractivity contribution in [3.05, 3.63) is 79.9 Å². The van der Waals surface area contributed by atoms with Crippen LogP contribution in [0.15, 0.2) is 79.9 Å². The summed E-state index contributed by atoms with van der Waals surface area (Å²) in [4.78, 5) is 50.6. The molecule has 1 aromatic heterocycles. The molecule has 224 valence electrons. The average Bonchev–Trinajstić information content (AvgIpc) is 3.59. The lowest BCUT2D eigenvalue weighted by atomic mass is 9.93. The summed E-state index contributed by atoms with van der Waals surface area (Å²) in [6, 6.07) is 17.2. The van der Waals surface area contributed by atoms with Crippen molar-refractivity contribution in [3.63, 3.8) is 0 Å². The number of hydrogen-bond donors (Lipinski definition) is 2. The summed E-state index contributed by atoms with van der Waals surface area (Å²) in [5.41, 5.74) is 0.182. The van der Waals surface area contributed by atoms with Crippen molar-refractivity contribution < 1.29 is 24.2 Å². The molecule has 3 aromatic rings. The highest BCUT2D eigenvalue weighted by atomic mass is 16.5. The molecule has 2 aliphatic carbocycles. The van der Waals surface area contributed by atoms with E-state index in [9.17, 15) is 19.5 Å². The average molecular weight is 583 g/mol. The van der Waals surface area contributed by atoms with Gasteiger partial charge in [-0.25, -0.2) is 9.78 Å². The highest BCUT2D eigenvalue weighted by Gasteiger charge is 2.61. The standard InChI is InChI=1S/C34H38N4O5/c1-4-6-7-13-18-38(3)32(40)27-20-24(19-26(27)30(39)37-34(33(41)42)21-23(34)5-2)43-31-25-16-11-12-17-28(25)35-29(36-31)22-14-9-8-10-15-22/h4-5,8-12,14-17,23-24,26-27H,1-2,6-7,13,18-21H2,3H3,(H,37,39)(H,41,42)/t23-,24-,26-,27-,34-/m1/s1. The van der Waals surface area contributed by atoms with Crippen molar-refractivity contribution in [1.29, 1.82) is 0 Å². The van der Waals surface area contributed by atoms with Crippen LogP contribution in [-0.2, 0) is 14.4 Å². The van der Waals surface area contributed by atoms with Gasteiger partial charge in [0.05, 0.1) is 22.7 Å². The summed E-state index contributed by atoms with van der Waals surface area (Å²) in [5.74, 6) is -2.57. The van der Waals surface area contributed by atoms with Gasteiger partial charge in [0.2, 0.25) is 17.7 Å². The molecule has 0 unspecified atom stereocenters. The van der Waals surface area contributed by atoms with Gasteiger partial charge in [0, 0.05) is 25.1 Å². The van der Waals surface area contributed by atoms with Gasteiger partial charge in [-0.2, -0.15) is 4.98 Å². The number of carboxylic acids is 1. The molecule has 0 saturated heterocycles. The summed E-state index contributed by atoms with van der Waals surface area (Å²) in [6.07, 6.45) is 6.35. The largest absolute Gasteiger partial charge is 0.479 e. The maximum Gasteiger partial charge on any atom is 0.330 e. The first-order valence-electron chi connectivity index (χ1n) is 14.8. The van der Waals surface area contributed by atoms with Crippen molar-refractivity contribution >= 4 is 28.7 Å². The van der Waals surface area contributed by atoms with Crippen LogP contribution >= 0.6 is 0 Å². The molecule has 0 bridgehead atoms. The lowest BCUT2D eigenvalue weighted by Gasteiger charge is -2.25. The second-order valence-electron chi connectivity index (χ2n) is 11.5. The number of nitrogens with one attached hydrogen (secondary N) is 1. The number of benzene rings is 2. The van der Waals surface area contributed by atoms with Gasteiger partial charge in [-0.3, -0.25) is 9.59 Å². The first-order chi connectivity index (χ1) is 20.8. The number of unbranched alkanes of at least 4 members (excludes halogenated alkanes) is 2. The van der Waals surface area contributed by atoms with E-state index in [1.807, 2.05) is 60.7 Å². The smallest absolute Gasteiger partial charge is 0.330 e. The number of aromatic nitrogens is 2. The van der Waals surface area contributed by atoms with Gasteiger partial charge in [0.1, 0.15) is 11.6 Å². The fourth-order valence-corrected chi connectivity index (χ4v) is 6.02. The van der Waals surface area contributed by atoms with Crippen LogP contribution in [0.3, 0.4) is 0 Å². The van der Waals surface area contributed by atoms with Gasteiger partial charge < -0.3 is 20.1 Å². The Morgan fingerprint density at radius 3 is 2.47 bits per heavy atom. The number of para-hydroxylation sites is 1. The van der Waals surface area contributed by atoms with E-state index in [1.165, 1.54) is 0 Å². The van der Waals surface area contributed by atoms with Crippen molar-refractivity contribution in [1.82, 2.24) is 20.2 Å². The topological polar surface area (TPSA) is 122 Å². The van der Waals surface area contributed by atoms with Gasteiger partial charge in [-0.05, 0) is 50.7 Å². The van der Waals surface area contributed by atoms with E-state index in [4.69, 9.17) is 14.7 Å². The zero-order chi connectivity index (χ0) is 30.6. The second-order valence-corrected chi connectivity index (χ2v) is 11.5. The lowest BCUT2D eigenvalue weighted by molar-refractivity contribution is -0.145. The van der Waals surface area contributed by atoms with Crippen LogP contribution in [0.2, 0.25) is 0 Å². The van der Waals surface area contributed by atoms with E-state index in [0.29, 0.717) is 24.7 Å². The number of amides is 2. The minimum Gasteiger partial charge on any atom is -0.479 e. The number of carbonyl (C=O) groups excluding carboxylic acids is 2. The molecular weight excluding hydrogens is 544 g/mol. The summed E-state index contributed by atoms with van der Waals surface area (Å²) in [6.45, 7) is 8.02. The first kappa shape index (κ1) is 29.9. The third-order valence-electron chi connectivity index (χ3n) is 8.61. The normalized spacial score (nSPS) is 24.2. The molecule has 1 heterocycles. The Hall–Kier alpha value is -4.53. The Balaban J connectivity index is 1.41.